The molecule has 0 saturated carbocycles. The van der Waals surface area contributed by atoms with Gasteiger partial charge in [0.2, 0.25) is 0 Å². The van der Waals surface area contributed by atoms with Crippen LogP contribution in [-0.4, -0.2) is 11.0 Å². The molecular formula is C14H17ClN2S2. The van der Waals surface area contributed by atoms with Crippen molar-refractivity contribution >= 4 is 34.7 Å². The second kappa shape index (κ2) is 7.29. The van der Waals surface area contributed by atoms with Crippen molar-refractivity contribution in [2.75, 3.05) is 0 Å². The van der Waals surface area contributed by atoms with E-state index in [2.05, 4.69) is 29.5 Å². The number of nitrogens with zero attached hydrogens (tertiary/aromatic N) is 1. The number of hydrogen-bond donors (Lipinski definition) is 1. The Morgan fingerprint density at radius 2 is 2.05 bits per heavy atom. The van der Waals surface area contributed by atoms with Gasteiger partial charge in [-0.25, -0.2) is 4.98 Å². The number of nitrogens with one attached hydrogen (secondary N) is 1. The highest BCUT2D eigenvalue weighted by molar-refractivity contribution is 7.98. The van der Waals surface area contributed by atoms with Crippen molar-refractivity contribution in [3.8, 4) is 0 Å². The molecule has 5 heteroatoms. The lowest BCUT2D eigenvalue weighted by molar-refractivity contribution is 0.582. The average molecular weight is 313 g/mol. The van der Waals surface area contributed by atoms with Crippen molar-refractivity contribution in [3.05, 3.63) is 45.4 Å². The first-order chi connectivity index (χ1) is 9.13. The van der Waals surface area contributed by atoms with Gasteiger partial charge in [0.1, 0.15) is 5.01 Å². The molecule has 0 spiro atoms. The molecule has 0 radical (unpaired) electrons. The van der Waals surface area contributed by atoms with Crippen LogP contribution in [0.1, 0.15) is 24.5 Å². The van der Waals surface area contributed by atoms with E-state index < -0.39 is 0 Å². The molecule has 0 aliphatic heterocycles. The smallest absolute Gasteiger partial charge is 0.103 e. The summed E-state index contributed by atoms with van der Waals surface area (Å²) in [7, 11) is 0. The average Bonchev–Trinajstić information content (AvgIpc) is 2.84. The highest BCUT2D eigenvalue weighted by Gasteiger charge is 2.04. The van der Waals surface area contributed by atoms with E-state index in [0.29, 0.717) is 6.04 Å². The van der Waals surface area contributed by atoms with Crippen LogP contribution in [0.15, 0.2) is 34.5 Å². The van der Waals surface area contributed by atoms with Gasteiger partial charge in [-0.15, -0.1) is 23.1 Å². The number of halogens is 1. The molecule has 0 fully saturated rings. The molecule has 2 aromatic rings. The summed E-state index contributed by atoms with van der Waals surface area (Å²) in [6, 6.07) is 8.42. The summed E-state index contributed by atoms with van der Waals surface area (Å²) < 4.78 is 0. The van der Waals surface area contributed by atoms with E-state index in [-0.39, 0.29) is 0 Å². The molecule has 2 nitrogen and oxygen atoms in total. The minimum atomic E-state index is 0.494. The van der Waals surface area contributed by atoms with Crippen LogP contribution in [0.25, 0.3) is 0 Å². The molecular weight excluding hydrogens is 296 g/mol. The fourth-order valence-electron chi connectivity index (χ4n) is 1.48. The van der Waals surface area contributed by atoms with E-state index in [9.17, 15) is 0 Å². The van der Waals surface area contributed by atoms with Gasteiger partial charge >= 0.3 is 0 Å². The molecule has 0 bridgehead atoms. The third-order valence-electron chi connectivity index (χ3n) is 2.47. The maximum Gasteiger partial charge on any atom is 0.103 e. The normalized spacial score (nSPS) is 11.2. The predicted molar refractivity (Wildman–Crippen MR) is 85.1 cm³/mol. The minimum Gasteiger partial charge on any atom is -0.309 e. The molecule has 2 rings (SSSR count). The molecule has 1 aromatic heterocycles. The van der Waals surface area contributed by atoms with Gasteiger partial charge in [-0.3, -0.25) is 0 Å². The Kier molecular flexibility index (Phi) is 5.70. The lowest BCUT2D eigenvalue weighted by atomic mass is 10.4. The van der Waals surface area contributed by atoms with Crippen LogP contribution in [0, 0.1) is 0 Å². The standard InChI is InChI=1S/C14H17ClN2S2/c1-10(2)16-7-12-8-19-14(17-12)9-18-13-5-3-11(15)4-6-13/h3-6,8,10,16H,7,9H2,1-2H3. The third-order valence-corrected chi connectivity index (χ3v) is 4.82. The topological polar surface area (TPSA) is 24.9 Å². The van der Waals surface area contributed by atoms with Gasteiger partial charge in [0, 0.05) is 27.9 Å². The summed E-state index contributed by atoms with van der Waals surface area (Å²) in [4.78, 5) is 5.85. The van der Waals surface area contributed by atoms with Crippen LogP contribution < -0.4 is 5.32 Å². The third kappa shape index (κ3) is 5.15. The zero-order valence-corrected chi connectivity index (χ0v) is 13.4. The number of hydrogen-bond acceptors (Lipinski definition) is 4. The lowest BCUT2D eigenvalue weighted by Gasteiger charge is -2.04. The molecule has 1 heterocycles. The van der Waals surface area contributed by atoms with Crippen molar-refractivity contribution in [2.45, 2.75) is 37.1 Å². The van der Waals surface area contributed by atoms with Gasteiger partial charge in [0.15, 0.2) is 0 Å². The van der Waals surface area contributed by atoms with Crippen molar-refractivity contribution < 1.29 is 0 Å². The van der Waals surface area contributed by atoms with Gasteiger partial charge in [0.05, 0.1) is 11.4 Å². The van der Waals surface area contributed by atoms with E-state index in [1.54, 1.807) is 23.1 Å². The molecule has 0 amide bonds. The molecule has 0 saturated heterocycles. The zero-order valence-electron chi connectivity index (χ0n) is 11.0. The van der Waals surface area contributed by atoms with Gasteiger partial charge < -0.3 is 5.32 Å². The lowest BCUT2D eigenvalue weighted by Crippen LogP contribution is -2.21. The van der Waals surface area contributed by atoms with Crippen molar-refractivity contribution in [1.29, 1.82) is 0 Å². The van der Waals surface area contributed by atoms with E-state index in [1.807, 2.05) is 24.3 Å². The summed E-state index contributed by atoms with van der Waals surface area (Å²) in [5.74, 6) is 0.911. The maximum absolute atomic E-state index is 5.87. The van der Waals surface area contributed by atoms with Gasteiger partial charge in [-0.2, -0.15) is 0 Å². The van der Waals surface area contributed by atoms with E-state index in [1.165, 1.54) is 9.90 Å². The molecule has 0 aliphatic rings. The number of aromatic nitrogens is 1. The van der Waals surface area contributed by atoms with Crippen LogP contribution in [0.5, 0.6) is 0 Å². The molecule has 1 N–H and O–H groups in total. The van der Waals surface area contributed by atoms with Crippen LogP contribution in [0.2, 0.25) is 5.02 Å². The predicted octanol–water partition coefficient (Wildman–Crippen LogP) is 4.59. The molecule has 0 unspecified atom stereocenters. The Labute approximate surface area is 127 Å². The Hall–Kier alpha value is -0.550. The number of thioether (sulfide) groups is 1. The van der Waals surface area contributed by atoms with E-state index in [4.69, 9.17) is 11.6 Å². The Balaban J connectivity index is 1.84. The fourth-order valence-corrected chi connectivity index (χ4v) is 3.32. The minimum absolute atomic E-state index is 0.494. The van der Waals surface area contributed by atoms with Crippen LogP contribution in [0.4, 0.5) is 0 Å². The number of rotatable bonds is 6. The van der Waals surface area contributed by atoms with Crippen molar-refractivity contribution in [1.82, 2.24) is 10.3 Å². The number of benzene rings is 1. The molecule has 0 atom stereocenters. The second-order valence-electron chi connectivity index (χ2n) is 4.51. The Morgan fingerprint density at radius 1 is 1.32 bits per heavy atom. The summed E-state index contributed by atoms with van der Waals surface area (Å²) in [5, 5.41) is 7.46. The first-order valence-corrected chi connectivity index (χ1v) is 8.43. The largest absolute Gasteiger partial charge is 0.309 e. The SMILES string of the molecule is CC(C)NCc1csc(CSc2ccc(Cl)cc2)n1. The first kappa shape index (κ1) is 14.9. The van der Waals surface area contributed by atoms with Crippen LogP contribution in [-0.2, 0) is 12.3 Å². The highest BCUT2D eigenvalue weighted by Crippen LogP contribution is 2.25. The van der Waals surface area contributed by atoms with Crippen molar-refractivity contribution in [3.63, 3.8) is 0 Å². The highest BCUT2D eigenvalue weighted by atomic mass is 35.5. The van der Waals surface area contributed by atoms with Gasteiger partial charge in [-0.1, -0.05) is 25.4 Å². The summed E-state index contributed by atoms with van der Waals surface area (Å²) >= 11 is 9.38. The summed E-state index contributed by atoms with van der Waals surface area (Å²) in [6.07, 6.45) is 0. The van der Waals surface area contributed by atoms with E-state index >= 15 is 0 Å². The molecule has 1 aromatic carbocycles. The van der Waals surface area contributed by atoms with E-state index in [0.717, 1.165) is 23.0 Å². The monoisotopic (exact) mass is 312 g/mol. The van der Waals surface area contributed by atoms with Crippen LogP contribution in [0.3, 0.4) is 0 Å². The van der Waals surface area contributed by atoms with Crippen LogP contribution >= 0.6 is 34.7 Å². The second-order valence-corrected chi connectivity index (χ2v) is 6.94. The molecule has 0 aliphatic carbocycles. The summed E-state index contributed by atoms with van der Waals surface area (Å²) in [5.41, 5.74) is 1.13. The first-order valence-electron chi connectivity index (χ1n) is 6.18. The quantitative estimate of drug-likeness (QED) is 0.790. The number of thiazole rings is 1. The maximum atomic E-state index is 5.87. The fraction of sp³-hybridized carbons (Fsp3) is 0.357. The van der Waals surface area contributed by atoms with Gasteiger partial charge in [0.25, 0.3) is 0 Å². The van der Waals surface area contributed by atoms with Crippen molar-refractivity contribution in [2.24, 2.45) is 0 Å². The molecule has 102 valence electrons. The zero-order chi connectivity index (χ0) is 13.7. The Morgan fingerprint density at radius 3 is 2.74 bits per heavy atom. The summed E-state index contributed by atoms with van der Waals surface area (Å²) in [6.45, 7) is 5.13. The van der Waals surface area contributed by atoms with Gasteiger partial charge in [-0.05, 0) is 24.3 Å². The molecule has 19 heavy (non-hydrogen) atoms. The Bertz CT molecular complexity index is 508.